The minimum absolute atomic E-state index is 0.126. The molecule has 6 rings (SSSR count). The molecule has 0 amide bonds. The lowest BCUT2D eigenvalue weighted by Crippen LogP contribution is -2.26. The lowest BCUT2D eigenvalue weighted by atomic mass is 10.0. The summed E-state index contributed by atoms with van der Waals surface area (Å²) in [5.41, 5.74) is 2.57. The first-order chi connectivity index (χ1) is 16.5. The Morgan fingerprint density at radius 3 is 2.50 bits per heavy atom. The molecule has 2 unspecified atom stereocenters. The maximum absolute atomic E-state index is 12.9. The number of anilines is 1. The zero-order valence-corrected chi connectivity index (χ0v) is 20.3. The Morgan fingerprint density at radius 2 is 1.76 bits per heavy atom. The van der Waals surface area contributed by atoms with Crippen LogP contribution in [0, 0.1) is 11.8 Å². The average Bonchev–Trinajstić information content (AvgIpc) is 3.55. The number of nitrogens with one attached hydrogen (secondary N) is 2. The number of benzene rings is 1. The van der Waals surface area contributed by atoms with Crippen molar-refractivity contribution < 1.29 is 8.42 Å². The Labute approximate surface area is 201 Å². The van der Waals surface area contributed by atoms with Crippen molar-refractivity contribution in [2.24, 2.45) is 11.8 Å². The van der Waals surface area contributed by atoms with Gasteiger partial charge in [-0.25, -0.2) is 8.42 Å². The lowest BCUT2D eigenvalue weighted by Gasteiger charge is -2.21. The fourth-order valence-corrected chi connectivity index (χ4v) is 8.11. The first-order valence-electron chi connectivity index (χ1n) is 12.7. The zero-order valence-electron chi connectivity index (χ0n) is 19.5. The molecule has 3 aliphatic rings. The normalized spacial score (nSPS) is 26.2. The van der Waals surface area contributed by atoms with Crippen molar-refractivity contribution in [1.82, 2.24) is 20.1 Å². The monoisotopic (exact) mass is 479 g/mol. The second-order valence-corrected chi connectivity index (χ2v) is 12.7. The number of hydrogen-bond donors (Lipinski definition) is 2. The molecule has 3 fully saturated rings. The van der Waals surface area contributed by atoms with Crippen LogP contribution in [0.25, 0.3) is 10.9 Å². The summed E-state index contributed by atoms with van der Waals surface area (Å²) in [6, 6.07) is 12.6. The van der Waals surface area contributed by atoms with Gasteiger partial charge in [-0.3, -0.25) is 4.90 Å². The van der Waals surface area contributed by atoms with Crippen molar-refractivity contribution in [2.45, 2.75) is 67.8 Å². The molecule has 1 saturated heterocycles. The van der Waals surface area contributed by atoms with Gasteiger partial charge in [-0.2, -0.15) is 0 Å². The molecule has 3 heterocycles. The van der Waals surface area contributed by atoms with Crippen molar-refractivity contribution in [3.63, 3.8) is 0 Å². The molecule has 0 bridgehead atoms. The number of H-pyrrole nitrogens is 1. The van der Waals surface area contributed by atoms with Gasteiger partial charge in [-0.1, -0.05) is 31.4 Å². The minimum Gasteiger partial charge on any atom is -0.366 e. The predicted molar refractivity (Wildman–Crippen MR) is 133 cm³/mol. The standard InChI is InChI=1S/C26H33N5O2S/c32-34(33,23-4-2-1-3-5-23)26-9-8-25(29-30-26)28-22-13-20-16-31(17-21(20)14-22)15-18-6-7-19-10-11-27-24(19)12-18/h6-12,20-23,27H,1-5,13-17H2,(H,28,29)/t20-,21?,22?/m1/s1. The minimum atomic E-state index is -3.37. The molecular formula is C26H33N5O2S. The fourth-order valence-electron chi connectivity index (χ4n) is 6.40. The molecule has 8 heteroatoms. The Balaban J connectivity index is 1.03. The molecule has 2 aromatic heterocycles. The zero-order chi connectivity index (χ0) is 23.1. The van der Waals surface area contributed by atoms with E-state index >= 15 is 0 Å². The topological polar surface area (TPSA) is 91.0 Å². The third-order valence-corrected chi connectivity index (χ3v) is 10.3. The highest BCUT2D eigenvalue weighted by atomic mass is 32.2. The van der Waals surface area contributed by atoms with Gasteiger partial charge >= 0.3 is 0 Å². The first-order valence-corrected chi connectivity index (χ1v) is 14.2. The van der Waals surface area contributed by atoms with E-state index in [1.54, 1.807) is 12.1 Å². The van der Waals surface area contributed by atoms with Crippen molar-refractivity contribution >= 4 is 26.6 Å². The number of sulfone groups is 1. The van der Waals surface area contributed by atoms with Crippen LogP contribution in [0.15, 0.2) is 47.6 Å². The molecule has 3 atom stereocenters. The lowest BCUT2D eigenvalue weighted by molar-refractivity contribution is 0.301. The van der Waals surface area contributed by atoms with Crippen LogP contribution in [-0.4, -0.2) is 52.9 Å². The van der Waals surface area contributed by atoms with Gasteiger partial charge in [0, 0.05) is 37.4 Å². The van der Waals surface area contributed by atoms with Crippen LogP contribution in [0.5, 0.6) is 0 Å². The Hall–Kier alpha value is -2.45. The third-order valence-electron chi connectivity index (χ3n) is 8.13. The predicted octanol–water partition coefficient (Wildman–Crippen LogP) is 4.39. The summed E-state index contributed by atoms with van der Waals surface area (Å²) < 4.78 is 25.7. The van der Waals surface area contributed by atoms with Crippen LogP contribution >= 0.6 is 0 Å². The maximum atomic E-state index is 12.9. The van der Waals surface area contributed by atoms with Gasteiger partial charge in [0.15, 0.2) is 14.9 Å². The summed E-state index contributed by atoms with van der Waals surface area (Å²) in [6.07, 6.45) is 8.83. The molecule has 7 nitrogen and oxygen atoms in total. The van der Waals surface area contributed by atoms with Crippen molar-refractivity contribution in [3.05, 3.63) is 48.2 Å². The second-order valence-electron chi connectivity index (χ2n) is 10.5. The van der Waals surface area contributed by atoms with Crippen molar-refractivity contribution in [3.8, 4) is 0 Å². The van der Waals surface area contributed by atoms with Gasteiger partial charge in [0.1, 0.15) is 5.82 Å². The number of fused-ring (bicyclic) bond motifs is 2. The average molecular weight is 480 g/mol. The quantitative estimate of drug-likeness (QED) is 0.545. The Bertz CT molecular complexity index is 1240. The van der Waals surface area contributed by atoms with Gasteiger partial charge in [0.25, 0.3) is 0 Å². The summed E-state index contributed by atoms with van der Waals surface area (Å²) in [7, 11) is -3.37. The van der Waals surface area contributed by atoms with Crippen LogP contribution in [0.1, 0.15) is 50.5 Å². The van der Waals surface area contributed by atoms with Gasteiger partial charge in [-0.05, 0) is 72.7 Å². The SMILES string of the molecule is O=S(=O)(c1ccc(NC2CC3CN(Cc4ccc5cc[nH]c5c4)C[C@H]3C2)nn1)C1CCCCC1. The van der Waals surface area contributed by atoms with Crippen LogP contribution in [0.4, 0.5) is 5.82 Å². The summed E-state index contributed by atoms with van der Waals surface area (Å²) in [4.78, 5) is 5.89. The van der Waals surface area contributed by atoms with E-state index in [4.69, 9.17) is 0 Å². The molecule has 180 valence electrons. The highest BCUT2D eigenvalue weighted by molar-refractivity contribution is 7.92. The van der Waals surface area contributed by atoms with Gasteiger partial charge in [0.05, 0.1) is 5.25 Å². The highest BCUT2D eigenvalue weighted by Gasteiger charge is 2.41. The molecule has 0 radical (unpaired) electrons. The van der Waals surface area contributed by atoms with Crippen LogP contribution in [0.2, 0.25) is 0 Å². The molecule has 1 aliphatic heterocycles. The molecule has 0 spiro atoms. The molecule has 3 aromatic rings. The number of hydrogen-bond acceptors (Lipinski definition) is 6. The summed E-state index contributed by atoms with van der Waals surface area (Å²) in [6.45, 7) is 3.27. The fraction of sp³-hybridized carbons (Fsp3) is 0.538. The van der Waals surface area contributed by atoms with E-state index in [-0.39, 0.29) is 10.3 Å². The van der Waals surface area contributed by atoms with Crippen LogP contribution in [0.3, 0.4) is 0 Å². The second kappa shape index (κ2) is 8.96. The first kappa shape index (κ1) is 22.0. The maximum Gasteiger partial charge on any atom is 0.200 e. The molecular weight excluding hydrogens is 446 g/mol. The largest absolute Gasteiger partial charge is 0.366 e. The summed E-state index contributed by atoms with van der Waals surface area (Å²) >= 11 is 0. The molecule has 2 N–H and O–H groups in total. The molecule has 34 heavy (non-hydrogen) atoms. The summed E-state index contributed by atoms with van der Waals surface area (Å²) in [5, 5.41) is 13.0. The van der Waals surface area contributed by atoms with Crippen LogP contribution in [-0.2, 0) is 16.4 Å². The third kappa shape index (κ3) is 4.33. The van der Waals surface area contributed by atoms with E-state index in [0.717, 1.165) is 64.6 Å². The van der Waals surface area contributed by atoms with E-state index in [1.807, 2.05) is 6.20 Å². The molecule has 2 saturated carbocycles. The van der Waals surface area contributed by atoms with Gasteiger partial charge in [0.2, 0.25) is 0 Å². The van der Waals surface area contributed by atoms with E-state index in [0.29, 0.717) is 23.7 Å². The Morgan fingerprint density at radius 1 is 0.971 bits per heavy atom. The Kier molecular flexibility index (Phi) is 5.81. The molecule has 2 aliphatic carbocycles. The number of likely N-dealkylation sites (tertiary alicyclic amines) is 1. The summed E-state index contributed by atoms with van der Waals surface area (Å²) in [5.74, 6) is 2.08. The number of rotatable bonds is 6. The smallest absolute Gasteiger partial charge is 0.200 e. The van der Waals surface area contributed by atoms with Gasteiger partial charge < -0.3 is 10.3 Å². The van der Waals surface area contributed by atoms with Gasteiger partial charge in [-0.15, -0.1) is 10.2 Å². The number of nitrogens with zero attached hydrogens (tertiary/aromatic N) is 3. The molecule has 1 aromatic carbocycles. The van der Waals surface area contributed by atoms with E-state index in [2.05, 4.69) is 49.7 Å². The number of aromatic nitrogens is 3. The van der Waals surface area contributed by atoms with E-state index in [1.165, 1.54) is 16.5 Å². The van der Waals surface area contributed by atoms with Crippen molar-refractivity contribution in [2.75, 3.05) is 18.4 Å². The van der Waals surface area contributed by atoms with E-state index in [9.17, 15) is 8.42 Å². The highest BCUT2D eigenvalue weighted by Crippen LogP contribution is 2.39. The van der Waals surface area contributed by atoms with Crippen LogP contribution < -0.4 is 5.32 Å². The van der Waals surface area contributed by atoms with E-state index < -0.39 is 9.84 Å². The number of aromatic amines is 1. The van der Waals surface area contributed by atoms with Crippen molar-refractivity contribution in [1.29, 1.82) is 0 Å².